The lowest BCUT2D eigenvalue weighted by Gasteiger charge is -2.17. The van der Waals surface area contributed by atoms with Crippen LogP contribution in [0.2, 0.25) is 0 Å². The molecule has 4 rings (SSSR count). The Hall–Kier alpha value is -2.51. The highest BCUT2D eigenvalue weighted by Crippen LogP contribution is 2.34. The molecule has 7 nitrogen and oxygen atoms in total. The largest absolute Gasteiger partial charge is 0.392 e. The number of para-hydroxylation sites is 1. The molecule has 130 valence electrons. The number of aliphatic hydroxyl groups excluding tert-OH is 1. The summed E-state index contributed by atoms with van der Waals surface area (Å²) in [5, 5.41) is 17.9. The van der Waals surface area contributed by atoms with Crippen molar-refractivity contribution in [1.82, 2.24) is 15.1 Å². The molecule has 2 atom stereocenters. The van der Waals surface area contributed by atoms with E-state index in [0.717, 1.165) is 22.9 Å². The van der Waals surface area contributed by atoms with Gasteiger partial charge in [0.15, 0.2) is 5.82 Å². The summed E-state index contributed by atoms with van der Waals surface area (Å²) in [5.74, 6) is 2.04. The van der Waals surface area contributed by atoms with Gasteiger partial charge in [0.1, 0.15) is 11.9 Å². The molecule has 0 radical (unpaired) electrons. The summed E-state index contributed by atoms with van der Waals surface area (Å²) in [7, 11) is 0. The minimum atomic E-state index is -0.202. The van der Waals surface area contributed by atoms with Gasteiger partial charge in [0.05, 0.1) is 12.1 Å². The number of aliphatic hydroxyl groups is 1. The molecule has 0 aliphatic carbocycles. The highest BCUT2D eigenvalue weighted by molar-refractivity contribution is 5.81. The Morgan fingerprint density at radius 3 is 2.96 bits per heavy atom. The van der Waals surface area contributed by atoms with E-state index in [0.29, 0.717) is 30.7 Å². The number of aryl methyl sites for hydroxylation is 1. The lowest BCUT2D eigenvalue weighted by molar-refractivity contribution is 0.0649. The Kier molecular flexibility index (Phi) is 4.33. The van der Waals surface area contributed by atoms with Crippen LogP contribution in [-0.2, 0) is 11.3 Å². The number of pyridine rings is 1. The monoisotopic (exact) mass is 340 g/mol. The summed E-state index contributed by atoms with van der Waals surface area (Å²) >= 11 is 0. The normalized spacial score (nSPS) is 20.2. The van der Waals surface area contributed by atoms with Crippen LogP contribution in [0.4, 0.5) is 5.82 Å². The number of fused-ring (bicyclic) bond motifs is 1. The van der Waals surface area contributed by atoms with Crippen LogP contribution in [0.1, 0.15) is 29.8 Å². The van der Waals surface area contributed by atoms with Gasteiger partial charge in [-0.15, -0.1) is 0 Å². The number of rotatable bonds is 5. The molecule has 0 bridgehead atoms. The molecule has 2 aromatic heterocycles. The van der Waals surface area contributed by atoms with E-state index >= 15 is 0 Å². The van der Waals surface area contributed by atoms with Gasteiger partial charge in [-0.2, -0.15) is 4.98 Å². The highest BCUT2D eigenvalue weighted by Gasteiger charge is 2.34. The molecule has 0 amide bonds. The van der Waals surface area contributed by atoms with Gasteiger partial charge in [-0.3, -0.25) is 0 Å². The Balaban J connectivity index is 1.53. The zero-order valence-electron chi connectivity index (χ0n) is 14.0. The van der Waals surface area contributed by atoms with E-state index < -0.39 is 0 Å². The molecule has 1 saturated heterocycles. The zero-order valence-corrected chi connectivity index (χ0v) is 14.0. The molecule has 1 aromatic carbocycles. The summed E-state index contributed by atoms with van der Waals surface area (Å²) < 4.78 is 11.0. The van der Waals surface area contributed by atoms with E-state index in [1.165, 1.54) is 0 Å². The topological polar surface area (TPSA) is 93.3 Å². The number of aromatic nitrogens is 3. The molecule has 3 heterocycles. The second-order valence-corrected chi connectivity index (χ2v) is 6.25. The average molecular weight is 340 g/mol. The molecule has 0 saturated carbocycles. The van der Waals surface area contributed by atoms with Gasteiger partial charge < -0.3 is 19.7 Å². The van der Waals surface area contributed by atoms with Gasteiger partial charge in [-0.25, -0.2) is 4.98 Å². The van der Waals surface area contributed by atoms with Crippen molar-refractivity contribution in [3.05, 3.63) is 47.6 Å². The SMILES string of the molecule is Cc1noc([C@H]2OCC[C@H]2CNc2nc3ccccc3cc2CO)n1. The Morgan fingerprint density at radius 2 is 2.16 bits per heavy atom. The number of benzene rings is 1. The number of nitrogens with one attached hydrogen (secondary N) is 1. The quantitative estimate of drug-likeness (QED) is 0.737. The van der Waals surface area contributed by atoms with Crippen molar-refractivity contribution in [2.75, 3.05) is 18.5 Å². The fourth-order valence-corrected chi connectivity index (χ4v) is 3.21. The van der Waals surface area contributed by atoms with Gasteiger partial charge in [0, 0.05) is 30.0 Å². The third-order valence-corrected chi connectivity index (χ3v) is 4.51. The van der Waals surface area contributed by atoms with Crippen LogP contribution in [0.5, 0.6) is 0 Å². The van der Waals surface area contributed by atoms with E-state index in [9.17, 15) is 5.11 Å². The summed E-state index contributed by atoms with van der Waals surface area (Å²) in [5.41, 5.74) is 1.68. The van der Waals surface area contributed by atoms with Crippen molar-refractivity contribution in [3.8, 4) is 0 Å². The van der Waals surface area contributed by atoms with E-state index in [1.807, 2.05) is 30.3 Å². The van der Waals surface area contributed by atoms with E-state index in [1.54, 1.807) is 6.92 Å². The molecule has 1 aliphatic rings. The number of hydrogen-bond donors (Lipinski definition) is 2. The van der Waals surface area contributed by atoms with E-state index in [2.05, 4.69) is 20.4 Å². The maximum atomic E-state index is 9.66. The highest BCUT2D eigenvalue weighted by atomic mass is 16.5. The first-order chi connectivity index (χ1) is 12.2. The van der Waals surface area contributed by atoms with Gasteiger partial charge in [0.2, 0.25) is 0 Å². The average Bonchev–Trinajstić information content (AvgIpc) is 3.27. The molecule has 1 fully saturated rings. The Morgan fingerprint density at radius 1 is 1.28 bits per heavy atom. The first kappa shape index (κ1) is 16.0. The number of ether oxygens (including phenoxy) is 1. The van der Waals surface area contributed by atoms with Crippen LogP contribution in [0, 0.1) is 12.8 Å². The molecule has 2 N–H and O–H groups in total. The summed E-state index contributed by atoms with van der Waals surface area (Å²) in [6, 6.07) is 9.84. The lowest BCUT2D eigenvalue weighted by atomic mass is 10.0. The molecule has 7 heteroatoms. The molecular weight excluding hydrogens is 320 g/mol. The minimum absolute atomic E-state index is 0.0619. The van der Waals surface area contributed by atoms with Crippen molar-refractivity contribution < 1.29 is 14.4 Å². The van der Waals surface area contributed by atoms with Crippen LogP contribution < -0.4 is 5.32 Å². The van der Waals surface area contributed by atoms with Crippen molar-refractivity contribution in [1.29, 1.82) is 0 Å². The maximum absolute atomic E-state index is 9.66. The van der Waals surface area contributed by atoms with Gasteiger partial charge in [-0.1, -0.05) is 23.4 Å². The third-order valence-electron chi connectivity index (χ3n) is 4.51. The van der Waals surface area contributed by atoms with Gasteiger partial charge in [0.25, 0.3) is 5.89 Å². The van der Waals surface area contributed by atoms with Crippen molar-refractivity contribution >= 4 is 16.7 Å². The second-order valence-electron chi connectivity index (χ2n) is 6.25. The van der Waals surface area contributed by atoms with Crippen LogP contribution >= 0.6 is 0 Å². The van der Waals surface area contributed by atoms with E-state index in [-0.39, 0.29) is 18.6 Å². The van der Waals surface area contributed by atoms with Crippen molar-refractivity contribution in [3.63, 3.8) is 0 Å². The van der Waals surface area contributed by atoms with Crippen LogP contribution in [0.15, 0.2) is 34.9 Å². The number of nitrogens with zero attached hydrogens (tertiary/aromatic N) is 3. The first-order valence-corrected chi connectivity index (χ1v) is 8.40. The summed E-state index contributed by atoms with van der Waals surface area (Å²) in [6.45, 7) is 3.05. The van der Waals surface area contributed by atoms with Crippen LogP contribution in [0.25, 0.3) is 10.9 Å². The maximum Gasteiger partial charge on any atom is 0.256 e. The van der Waals surface area contributed by atoms with E-state index in [4.69, 9.17) is 9.26 Å². The zero-order chi connectivity index (χ0) is 17.2. The fraction of sp³-hybridized carbons (Fsp3) is 0.389. The van der Waals surface area contributed by atoms with Crippen LogP contribution in [0.3, 0.4) is 0 Å². The predicted molar refractivity (Wildman–Crippen MR) is 92.0 cm³/mol. The Labute approximate surface area is 145 Å². The minimum Gasteiger partial charge on any atom is -0.392 e. The first-order valence-electron chi connectivity index (χ1n) is 8.40. The predicted octanol–water partition coefficient (Wildman–Crippen LogP) is 2.61. The lowest BCUT2D eigenvalue weighted by Crippen LogP contribution is -2.19. The van der Waals surface area contributed by atoms with Crippen molar-refractivity contribution in [2.45, 2.75) is 26.1 Å². The molecule has 1 aliphatic heterocycles. The standard InChI is InChI=1S/C18H20N4O3/c1-11-20-18(25-22-11)16-13(6-7-24-16)9-19-17-14(10-23)8-12-4-2-3-5-15(12)21-17/h2-5,8,13,16,23H,6-7,9-10H2,1H3,(H,19,21)/t13-,16-/m0/s1. The summed E-state index contributed by atoms with van der Waals surface area (Å²) in [4.78, 5) is 8.93. The Bertz CT molecular complexity index is 880. The molecule has 0 spiro atoms. The molecule has 0 unspecified atom stereocenters. The molecule has 3 aromatic rings. The second kappa shape index (κ2) is 6.78. The fourth-order valence-electron chi connectivity index (χ4n) is 3.21. The smallest absolute Gasteiger partial charge is 0.256 e. The van der Waals surface area contributed by atoms with Crippen LogP contribution in [-0.4, -0.2) is 33.4 Å². The summed E-state index contributed by atoms with van der Waals surface area (Å²) in [6.07, 6.45) is 0.702. The molecule has 25 heavy (non-hydrogen) atoms. The van der Waals surface area contributed by atoms with Gasteiger partial charge >= 0.3 is 0 Å². The number of hydrogen-bond acceptors (Lipinski definition) is 7. The number of anilines is 1. The molecular formula is C18H20N4O3. The van der Waals surface area contributed by atoms with Crippen molar-refractivity contribution in [2.24, 2.45) is 5.92 Å². The third kappa shape index (κ3) is 3.20. The van der Waals surface area contributed by atoms with Gasteiger partial charge in [-0.05, 0) is 25.5 Å².